The van der Waals surface area contributed by atoms with Crippen LogP contribution in [0.4, 0.5) is 0 Å². The minimum atomic E-state index is 0.483. The number of rotatable bonds is 6. The Labute approximate surface area is 238 Å². The van der Waals surface area contributed by atoms with Crippen LogP contribution >= 0.6 is 0 Å². The van der Waals surface area contributed by atoms with Crippen molar-refractivity contribution in [3.05, 3.63) is 132 Å². The molecule has 1 heteroatoms. The number of para-hydroxylation sites is 1. The lowest BCUT2D eigenvalue weighted by atomic mass is 9.89. The highest BCUT2D eigenvalue weighted by atomic mass is 15.0. The molecule has 5 aromatic carbocycles. The van der Waals surface area contributed by atoms with Crippen LogP contribution < -0.4 is 0 Å². The summed E-state index contributed by atoms with van der Waals surface area (Å²) in [6.07, 6.45) is 7.69. The van der Waals surface area contributed by atoms with E-state index in [-0.39, 0.29) is 0 Å². The first kappa shape index (κ1) is 25.9. The predicted octanol–water partition coefficient (Wildman–Crippen LogP) is 11.2. The number of aromatic nitrogens is 1. The maximum absolute atomic E-state index is 2.48. The fourth-order valence-electron chi connectivity index (χ4n) is 6.36. The summed E-state index contributed by atoms with van der Waals surface area (Å²) in [5.74, 6) is 0.483. The Morgan fingerprint density at radius 1 is 0.725 bits per heavy atom. The van der Waals surface area contributed by atoms with Gasteiger partial charge < -0.3 is 4.57 Å². The molecule has 40 heavy (non-hydrogen) atoms. The van der Waals surface area contributed by atoms with Crippen molar-refractivity contribution in [2.24, 2.45) is 5.92 Å². The van der Waals surface area contributed by atoms with Gasteiger partial charge in [-0.25, -0.2) is 0 Å². The molecular weight excluding hydrogens is 482 g/mol. The topological polar surface area (TPSA) is 4.93 Å². The first-order chi connectivity index (χ1) is 19.5. The zero-order chi connectivity index (χ0) is 27.8. The third-order valence-corrected chi connectivity index (χ3v) is 8.61. The molecule has 1 nitrogen and oxygen atoms in total. The van der Waals surface area contributed by atoms with Gasteiger partial charge in [-0.05, 0) is 101 Å². The van der Waals surface area contributed by atoms with Crippen LogP contribution in [0, 0.1) is 19.8 Å². The summed E-state index contributed by atoms with van der Waals surface area (Å²) in [4.78, 5) is 0. The number of hydrogen-bond acceptors (Lipinski definition) is 0. The molecule has 0 aliphatic carbocycles. The van der Waals surface area contributed by atoms with Crippen molar-refractivity contribution in [2.75, 3.05) is 0 Å². The van der Waals surface area contributed by atoms with E-state index in [9.17, 15) is 0 Å². The summed E-state index contributed by atoms with van der Waals surface area (Å²) in [6, 6.07) is 35.6. The molecule has 0 radical (unpaired) electrons. The SMILES string of the molecule is C/C=C\C=C(\c1ccc2c(c1)c(C)c(-c1c(C)c3ccccc3c3ccccc13)n2-c1ccccc1)C(C)CC. The number of aryl methyl sites for hydroxylation is 2. The summed E-state index contributed by atoms with van der Waals surface area (Å²) >= 11 is 0. The van der Waals surface area contributed by atoms with Gasteiger partial charge in [-0.3, -0.25) is 0 Å². The van der Waals surface area contributed by atoms with E-state index in [0.29, 0.717) is 5.92 Å². The van der Waals surface area contributed by atoms with Gasteiger partial charge >= 0.3 is 0 Å². The molecule has 1 heterocycles. The highest BCUT2D eigenvalue weighted by Gasteiger charge is 2.23. The molecule has 0 aliphatic rings. The summed E-state index contributed by atoms with van der Waals surface area (Å²) < 4.78 is 2.48. The fourth-order valence-corrected chi connectivity index (χ4v) is 6.36. The van der Waals surface area contributed by atoms with Crippen molar-refractivity contribution in [3.63, 3.8) is 0 Å². The van der Waals surface area contributed by atoms with E-state index in [0.717, 1.165) is 6.42 Å². The Bertz CT molecular complexity index is 1910. The van der Waals surface area contributed by atoms with Crippen LogP contribution in [0.25, 0.3) is 55.0 Å². The highest BCUT2D eigenvalue weighted by molar-refractivity contribution is 6.16. The minimum Gasteiger partial charge on any atom is -0.309 e. The van der Waals surface area contributed by atoms with E-state index in [1.807, 2.05) is 0 Å². The normalized spacial score (nSPS) is 13.2. The predicted molar refractivity (Wildman–Crippen MR) is 175 cm³/mol. The molecule has 6 rings (SSSR count). The maximum atomic E-state index is 2.48. The molecule has 0 aliphatic heterocycles. The number of hydrogen-bond donors (Lipinski definition) is 0. The zero-order valence-electron chi connectivity index (χ0n) is 24.2. The van der Waals surface area contributed by atoms with Crippen molar-refractivity contribution in [2.45, 2.75) is 41.0 Å². The molecule has 0 amide bonds. The highest BCUT2D eigenvalue weighted by Crippen LogP contribution is 2.44. The third kappa shape index (κ3) is 4.18. The van der Waals surface area contributed by atoms with Gasteiger partial charge in [-0.15, -0.1) is 0 Å². The van der Waals surface area contributed by atoms with Gasteiger partial charge in [0.05, 0.1) is 11.2 Å². The number of fused-ring (bicyclic) bond motifs is 4. The van der Waals surface area contributed by atoms with Crippen molar-refractivity contribution < 1.29 is 0 Å². The van der Waals surface area contributed by atoms with Crippen molar-refractivity contribution in [3.8, 4) is 16.9 Å². The second-order valence-electron chi connectivity index (χ2n) is 10.9. The van der Waals surface area contributed by atoms with Crippen LogP contribution in [-0.4, -0.2) is 4.57 Å². The van der Waals surface area contributed by atoms with Crippen LogP contribution in [0.3, 0.4) is 0 Å². The minimum absolute atomic E-state index is 0.483. The molecule has 0 spiro atoms. The van der Waals surface area contributed by atoms with Crippen LogP contribution in [0.1, 0.15) is 43.9 Å². The quantitative estimate of drug-likeness (QED) is 0.152. The third-order valence-electron chi connectivity index (χ3n) is 8.61. The smallest absolute Gasteiger partial charge is 0.0579 e. The molecule has 0 fully saturated rings. The molecular formula is C39H37N. The Morgan fingerprint density at radius 3 is 2.02 bits per heavy atom. The Morgan fingerprint density at radius 2 is 1.35 bits per heavy atom. The first-order valence-corrected chi connectivity index (χ1v) is 14.5. The molecule has 0 bridgehead atoms. The summed E-state index contributed by atoms with van der Waals surface area (Å²) in [5, 5.41) is 6.54. The summed E-state index contributed by atoms with van der Waals surface area (Å²) in [7, 11) is 0. The molecule has 198 valence electrons. The monoisotopic (exact) mass is 519 g/mol. The maximum Gasteiger partial charge on any atom is 0.0579 e. The van der Waals surface area contributed by atoms with E-state index in [1.165, 1.54) is 71.7 Å². The number of nitrogens with zero attached hydrogens (tertiary/aromatic N) is 1. The van der Waals surface area contributed by atoms with Crippen LogP contribution in [-0.2, 0) is 0 Å². The lowest BCUT2D eigenvalue weighted by Gasteiger charge is -2.19. The largest absolute Gasteiger partial charge is 0.309 e. The van der Waals surface area contributed by atoms with E-state index in [4.69, 9.17) is 0 Å². The van der Waals surface area contributed by atoms with Gasteiger partial charge in [-0.1, -0.05) is 105 Å². The number of allylic oxidation sites excluding steroid dienone is 4. The average Bonchev–Trinajstić information content (AvgIpc) is 3.29. The van der Waals surface area contributed by atoms with E-state index in [1.54, 1.807) is 0 Å². The number of benzene rings is 5. The fraction of sp³-hybridized carbons (Fsp3) is 0.179. The molecule has 1 atom stereocenters. The van der Waals surface area contributed by atoms with Crippen molar-refractivity contribution in [1.82, 2.24) is 4.57 Å². The van der Waals surface area contributed by atoms with Gasteiger partial charge in [0.25, 0.3) is 0 Å². The Balaban J connectivity index is 1.75. The average molecular weight is 520 g/mol. The van der Waals surface area contributed by atoms with E-state index >= 15 is 0 Å². The summed E-state index contributed by atoms with van der Waals surface area (Å²) in [5.41, 5.74) is 10.4. The van der Waals surface area contributed by atoms with Gasteiger partial charge in [0.2, 0.25) is 0 Å². The lowest BCUT2D eigenvalue weighted by molar-refractivity contribution is 0.718. The van der Waals surface area contributed by atoms with Crippen LogP contribution in [0.2, 0.25) is 0 Å². The van der Waals surface area contributed by atoms with Crippen molar-refractivity contribution >= 4 is 38.0 Å². The van der Waals surface area contributed by atoms with Gasteiger partial charge in [0, 0.05) is 16.6 Å². The van der Waals surface area contributed by atoms with Crippen molar-refractivity contribution in [1.29, 1.82) is 0 Å². The van der Waals surface area contributed by atoms with Crippen LogP contribution in [0.5, 0.6) is 0 Å². The van der Waals surface area contributed by atoms with Gasteiger partial charge in [0.1, 0.15) is 0 Å². The van der Waals surface area contributed by atoms with E-state index in [2.05, 4.69) is 154 Å². The zero-order valence-corrected chi connectivity index (χ0v) is 24.2. The summed E-state index contributed by atoms with van der Waals surface area (Å²) in [6.45, 7) is 11.3. The van der Waals surface area contributed by atoms with E-state index < -0.39 is 0 Å². The standard InChI is InChI=1S/C39H37N/c1-6-8-18-31(26(3)7-2)29-23-24-37-36(25-29)28(5)39(40(37)30-16-10-9-11-17-30)38-27(4)32-19-12-13-20-33(32)34-21-14-15-22-35(34)38/h6,8-26H,7H2,1-5H3/b8-6-,31-18+. The molecule has 0 saturated carbocycles. The molecule has 0 saturated heterocycles. The molecule has 1 aromatic heterocycles. The second kappa shape index (κ2) is 10.7. The second-order valence-corrected chi connectivity index (χ2v) is 10.9. The Hall–Kier alpha value is -4.36. The Kier molecular flexibility index (Phi) is 6.90. The van der Waals surface area contributed by atoms with Gasteiger partial charge in [-0.2, -0.15) is 0 Å². The molecule has 6 aromatic rings. The van der Waals surface area contributed by atoms with Crippen LogP contribution in [0.15, 0.2) is 115 Å². The molecule has 1 unspecified atom stereocenters. The lowest BCUT2D eigenvalue weighted by Crippen LogP contribution is -2.00. The molecule has 0 N–H and O–H groups in total. The van der Waals surface area contributed by atoms with Gasteiger partial charge in [0.15, 0.2) is 0 Å². The first-order valence-electron chi connectivity index (χ1n) is 14.5.